The number of hydrogen-bond acceptors (Lipinski definition) is 4. The van der Waals surface area contributed by atoms with Gasteiger partial charge in [0.25, 0.3) is 0 Å². The summed E-state index contributed by atoms with van der Waals surface area (Å²) in [6.45, 7) is 0. The first-order chi connectivity index (χ1) is 6.20. The zero-order valence-electron chi connectivity index (χ0n) is 7.32. The van der Waals surface area contributed by atoms with E-state index >= 15 is 0 Å². The maximum Gasteiger partial charge on any atom is 0.195 e. The van der Waals surface area contributed by atoms with E-state index in [1.807, 2.05) is 0 Å². The molecule has 0 spiro atoms. The SMILES string of the molecule is O=CC(=O)CCCCCC(=O)C=O. The van der Waals surface area contributed by atoms with Crippen LogP contribution in [0.15, 0.2) is 0 Å². The van der Waals surface area contributed by atoms with Crippen LogP contribution in [-0.4, -0.2) is 24.1 Å². The molecule has 0 rings (SSSR count). The van der Waals surface area contributed by atoms with Crippen LogP contribution in [0.3, 0.4) is 0 Å². The van der Waals surface area contributed by atoms with E-state index in [-0.39, 0.29) is 12.8 Å². The maximum absolute atomic E-state index is 10.5. The summed E-state index contributed by atoms with van der Waals surface area (Å²) in [6, 6.07) is 0. The summed E-state index contributed by atoms with van der Waals surface area (Å²) in [5, 5.41) is 0. The quantitative estimate of drug-likeness (QED) is 0.312. The summed E-state index contributed by atoms with van der Waals surface area (Å²) in [5.74, 6) is -0.830. The summed E-state index contributed by atoms with van der Waals surface area (Å²) >= 11 is 0. The molecule has 4 nitrogen and oxygen atoms in total. The fourth-order valence-corrected chi connectivity index (χ4v) is 0.893. The molecule has 0 saturated heterocycles. The highest BCUT2D eigenvalue weighted by Gasteiger charge is 2.00. The molecule has 72 valence electrons. The van der Waals surface area contributed by atoms with E-state index in [9.17, 15) is 19.2 Å². The molecule has 0 aromatic carbocycles. The Labute approximate surface area is 76.3 Å². The van der Waals surface area contributed by atoms with Crippen molar-refractivity contribution in [3.8, 4) is 0 Å². The molecule has 0 aliphatic heterocycles. The van der Waals surface area contributed by atoms with Crippen LogP contribution in [0.4, 0.5) is 0 Å². The average Bonchev–Trinajstić information content (AvgIpc) is 2.16. The van der Waals surface area contributed by atoms with Crippen molar-refractivity contribution in [2.24, 2.45) is 0 Å². The minimum Gasteiger partial charge on any atom is -0.295 e. The van der Waals surface area contributed by atoms with E-state index in [0.717, 1.165) is 0 Å². The summed E-state index contributed by atoms with van der Waals surface area (Å²) in [6.07, 6.45) is 2.97. The van der Waals surface area contributed by atoms with Crippen molar-refractivity contribution < 1.29 is 19.2 Å². The van der Waals surface area contributed by atoms with Crippen LogP contribution in [-0.2, 0) is 19.2 Å². The Morgan fingerprint density at radius 3 is 1.46 bits per heavy atom. The summed E-state index contributed by atoms with van der Waals surface area (Å²) < 4.78 is 0. The molecule has 0 saturated carbocycles. The zero-order chi connectivity index (χ0) is 10.1. The van der Waals surface area contributed by atoms with Gasteiger partial charge in [-0.2, -0.15) is 0 Å². The van der Waals surface area contributed by atoms with E-state index in [2.05, 4.69) is 0 Å². The summed E-state index contributed by atoms with van der Waals surface area (Å²) in [5.41, 5.74) is 0. The molecule has 0 unspecified atom stereocenters. The van der Waals surface area contributed by atoms with Gasteiger partial charge in [-0.15, -0.1) is 0 Å². The van der Waals surface area contributed by atoms with Gasteiger partial charge in [0, 0.05) is 12.8 Å². The predicted octanol–water partition coefficient (Wildman–Crippen LogP) is 0.473. The highest BCUT2D eigenvalue weighted by atomic mass is 16.2. The van der Waals surface area contributed by atoms with Gasteiger partial charge in [-0.1, -0.05) is 6.42 Å². The van der Waals surface area contributed by atoms with Gasteiger partial charge in [0.2, 0.25) is 0 Å². The predicted molar refractivity (Wildman–Crippen MR) is 45.2 cm³/mol. The lowest BCUT2D eigenvalue weighted by Crippen LogP contribution is -2.00. The van der Waals surface area contributed by atoms with E-state index in [1.54, 1.807) is 0 Å². The van der Waals surface area contributed by atoms with Crippen molar-refractivity contribution in [3.63, 3.8) is 0 Å². The molecule has 0 aromatic rings. The molecule has 0 fully saturated rings. The van der Waals surface area contributed by atoms with Crippen molar-refractivity contribution in [3.05, 3.63) is 0 Å². The van der Waals surface area contributed by atoms with Crippen LogP contribution in [0.25, 0.3) is 0 Å². The number of rotatable bonds is 8. The third kappa shape index (κ3) is 7.05. The highest BCUT2D eigenvalue weighted by Crippen LogP contribution is 2.02. The molecule has 0 aliphatic carbocycles. The number of carbonyl (C=O) groups excluding carboxylic acids is 4. The lowest BCUT2D eigenvalue weighted by atomic mass is 10.1. The number of Topliss-reactive ketones (excluding diaryl/α,β-unsaturated/α-hetero) is 2. The van der Waals surface area contributed by atoms with E-state index in [4.69, 9.17) is 0 Å². The molecule has 0 bridgehead atoms. The molecule has 4 heteroatoms. The largest absolute Gasteiger partial charge is 0.295 e. The first-order valence-corrected chi connectivity index (χ1v) is 4.16. The molecule has 0 amide bonds. The molecule has 0 heterocycles. The van der Waals surface area contributed by atoms with Gasteiger partial charge in [0.1, 0.15) is 0 Å². The Hall–Kier alpha value is -1.32. The van der Waals surface area contributed by atoms with Crippen LogP contribution in [0.2, 0.25) is 0 Å². The Morgan fingerprint density at radius 1 is 0.769 bits per heavy atom. The smallest absolute Gasteiger partial charge is 0.195 e. The molecular formula is C9H12O4. The van der Waals surface area contributed by atoms with Gasteiger partial charge in [-0.3, -0.25) is 19.2 Å². The van der Waals surface area contributed by atoms with Gasteiger partial charge < -0.3 is 0 Å². The third-order valence-corrected chi connectivity index (χ3v) is 1.61. The van der Waals surface area contributed by atoms with E-state index < -0.39 is 11.6 Å². The number of ketones is 2. The Bertz CT molecular complexity index is 186. The molecule has 0 N–H and O–H groups in total. The Balaban J connectivity index is 3.26. The second-order valence-corrected chi connectivity index (χ2v) is 2.73. The lowest BCUT2D eigenvalue weighted by molar-refractivity contribution is -0.130. The van der Waals surface area contributed by atoms with Crippen molar-refractivity contribution in [1.29, 1.82) is 0 Å². The van der Waals surface area contributed by atoms with Gasteiger partial charge in [0.05, 0.1) is 0 Å². The topological polar surface area (TPSA) is 68.3 Å². The zero-order valence-corrected chi connectivity index (χ0v) is 7.32. The van der Waals surface area contributed by atoms with Crippen LogP contribution in [0.1, 0.15) is 32.1 Å². The van der Waals surface area contributed by atoms with Crippen LogP contribution >= 0.6 is 0 Å². The first-order valence-electron chi connectivity index (χ1n) is 4.16. The lowest BCUT2D eigenvalue weighted by Gasteiger charge is -1.94. The average molecular weight is 184 g/mol. The number of carbonyl (C=O) groups is 4. The Morgan fingerprint density at radius 2 is 1.15 bits per heavy atom. The minimum absolute atomic E-state index is 0.235. The standard InChI is InChI=1S/C9H12O4/c10-6-8(12)4-2-1-3-5-9(13)7-11/h6-7H,1-5H2. The summed E-state index contributed by atoms with van der Waals surface area (Å²) in [4.78, 5) is 40.7. The summed E-state index contributed by atoms with van der Waals surface area (Å²) in [7, 11) is 0. The maximum atomic E-state index is 10.5. The first kappa shape index (κ1) is 11.7. The number of unbranched alkanes of at least 4 members (excludes halogenated alkanes) is 2. The van der Waals surface area contributed by atoms with Gasteiger partial charge in [-0.25, -0.2) is 0 Å². The molecular weight excluding hydrogens is 172 g/mol. The number of hydrogen-bond donors (Lipinski definition) is 0. The van der Waals surface area contributed by atoms with E-state index in [1.165, 1.54) is 0 Å². The van der Waals surface area contributed by atoms with Gasteiger partial charge >= 0.3 is 0 Å². The fraction of sp³-hybridized carbons (Fsp3) is 0.556. The van der Waals surface area contributed by atoms with Crippen molar-refractivity contribution >= 4 is 24.1 Å². The van der Waals surface area contributed by atoms with E-state index in [0.29, 0.717) is 31.8 Å². The second-order valence-electron chi connectivity index (χ2n) is 2.73. The molecule has 0 radical (unpaired) electrons. The normalized spacial score (nSPS) is 9.23. The Kier molecular flexibility index (Phi) is 6.59. The third-order valence-electron chi connectivity index (χ3n) is 1.61. The van der Waals surface area contributed by atoms with Crippen LogP contribution in [0.5, 0.6) is 0 Å². The highest BCUT2D eigenvalue weighted by molar-refractivity contribution is 6.25. The monoisotopic (exact) mass is 184 g/mol. The minimum atomic E-state index is -0.415. The van der Waals surface area contributed by atoms with Crippen molar-refractivity contribution in [2.45, 2.75) is 32.1 Å². The molecule has 0 aliphatic rings. The van der Waals surface area contributed by atoms with Crippen LogP contribution in [0, 0.1) is 0 Å². The second kappa shape index (κ2) is 7.34. The van der Waals surface area contributed by atoms with Crippen molar-refractivity contribution in [2.75, 3.05) is 0 Å². The van der Waals surface area contributed by atoms with Gasteiger partial charge in [-0.05, 0) is 12.8 Å². The van der Waals surface area contributed by atoms with Crippen LogP contribution < -0.4 is 0 Å². The fourth-order valence-electron chi connectivity index (χ4n) is 0.893. The molecule has 13 heavy (non-hydrogen) atoms. The van der Waals surface area contributed by atoms with Gasteiger partial charge in [0.15, 0.2) is 24.1 Å². The molecule has 0 atom stereocenters. The number of aldehydes is 2. The van der Waals surface area contributed by atoms with Crippen molar-refractivity contribution in [1.82, 2.24) is 0 Å². The molecule has 0 aromatic heterocycles.